The van der Waals surface area contributed by atoms with E-state index < -0.39 is 6.10 Å². The van der Waals surface area contributed by atoms with E-state index in [0.717, 1.165) is 96.3 Å². The quantitative estimate of drug-likeness (QED) is 0.0261. The van der Waals surface area contributed by atoms with Crippen molar-refractivity contribution in [2.45, 2.75) is 284 Å². The minimum Gasteiger partial charge on any atom is -0.462 e. The molecular formula is C73H118O6. The van der Waals surface area contributed by atoms with E-state index in [9.17, 15) is 14.4 Å². The standard InChI is InChI=1S/C73H118O6/c1-4-7-10-13-16-19-22-25-27-29-31-33-35-36-38-39-41-43-45-48-51-54-57-60-63-66-72(75)78-69-70(68-77-71(74)65-62-59-56-53-50-47-24-21-18-15-12-9-6-3)79-73(76)67-64-61-58-55-52-49-46-44-42-40-37-34-32-30-28-26-23-20-17-14-11-8-5-2/h8-9,11-12,17-18,20-21,26,28-29,31-32,34,40,42,46-47,49-50,55-56,58-59,70H,4-7,10,13-16,19,22-25,27,30,33,35-39,41,43-45,48,51-54,57,60-69H2,1-3H3/b11-8-,12-9-,20-17-,21-18-,28-26-,31-29-,34-32-,42-40-,49-46-,50-47-,58-55-,59-56-. The molecule has 0 rings (SSSR count). The van der Waals surface area contributed by atoms with Gasteiger partial charge in [0.05, 0.1) is 0 Å². The molecule has 0 aliphatic heterocycles. The maximum Gasteiger partial charge on any atom is 0.306 e. The Morgan fingerprint density at radius 2 is 0.532 bits per heavy atom. The van der Waals surface area contributed by atoms with Gasteiger partial charge in [-0.25, -0.2) is 0 Å². The van der Waals surface area contributed by atoms with Crippen molar-refractivity contribution in [3.63, 3.8) is 0 Å². The Balaban J connectivity index is 4.46. The van der Waals surface area contributed by atoms with Crippen LogP contribution in [0.5, 0.6) is 0 Å². The van der Waals surface area contributed by atoms with Crippen LogP contribution in [0, 0.1) is 0 Å². The van der Waals surface area contributed by atoms with Crippen LogP contribution in [0.4, 0.5) is 0 Å². The lowest BCUT2D eigenvalue weighted by molar-refractivity contribution is -0.166. The van der Waals surface area contributed by atoms with Crippen LogP contribution in [-0.2, 0) is 28.6 Å². The third-order valence-corrected chi connectivity index (χ3v) is 13.3. The first-order chi connectivity index (χ1) is 39.0. The number of allylic oxidation sites excluding steroid dienone is 24. The van der Waals surface area contributed by atoms with Gasteiger partial charge in [-0.05, 0) is 122 Å². The second-order valence-corrected chi connectivity index (χ2v) is 20.9. The Morgan fingerprint density at radius 3 is 0.899 bits per heavy atom. The molecule has 0 aromatic heterocycles. The van der Waals surface area contributed by atoms with E-state index in [-0.39, 0.29) is 44.0 Å². The Morgan fingerprint density at radius 1 is 0.266 bits per heavy atom. The lowest BCUT2D eigenvalue weighted by atomic mass is 10.0. The Kier molecular flexibility index (Phi) is 61.9. The summed E-state index contributed by atoms with van der Waals surface area (Å²) in [5.41, 5.74) is 0. The molecule has 0 saturated heterocycles. The molecule has 0 spiro atoms. The molecule has 1 atom stereocenters. The molecule has 1 unspecified atom stereocenters. The summed E-state index contributed by atoms with van der Waals surface area (Å²) in [7, 11) is 0. The van der Waals surface area contributed by atoms with Crippen molar-refractivity contribution in [1.82, 2.24) is 0 Å². The SMILES string of the molecule is CC/C=C\C/C=C\C/C=C\C/C=C\C/C=C\C/C=C\C/C=C\CCCC(=O)OC(COC(=O)CC/C=C\C/C=C\C/C=C\C/C=C\CC)COC(=O)CCCCCCCCCCCCCCC/C=C\CCCCCCCCCC. The molecule has 0 N–H and O–H groups in total. The number of carbonyl (C=O) groups excluding carboxylic acids is 3. The van der Waals surface area contributed by atoms with Crippen LogP contribution in [0.2, 0.25) is 0 Å². The summed E-state index contributed by atoms with van der Waals surface area (Å²) >= 11 is 0. The average molecular weight is 1090 g/mol. The van der Waals surface area contributed by atoms with Gasteiger partial charge in [0.2, 0.25) is 0 Å². The van der Waals surface area contributed by atoms with Gasteiger partial charge >= 0.3 is 17.9 Å². The van der Waals surface area contributed by atoms with Crippen molar-refractivity contribution >= 4 is 17.9 Å². The third kappa shape index (κ3) is 64.0. The minimum atomic E-state index is -0.845. The van der Waals surface area contributed by atoms with Crippen molar-refractivity contribution in [3.8, 4) is 0 Å². The van der Waals surface area contributed by atoms with E-state index in [1.165, 1.54) is 128 Å². The maximum absolute atomic E-state index is 12.9. The van der Waals surface area contributed by atoms with Crippen LogP contribution in [-0.4, -0.2) is 37.2 Å². The van der Waals surface area contributed by atoms with Crippen molar-refractivity contribution in [2.75, 3.05) is 13.2 Å². The van der Waals surface area contributed by atoms with Crippen LogP contribution < -0.4 is 0 Å². The van der Waals surface area contributed by atoms with Crippen molar-refractivity contribution in [3.05, 3.63) is 146 Å². The zero-order valence-electron chi connectivity index (χ0n) is 51.1. The molecule has 0 aliphatic rings. The molecule has 0 aromatic carbocycles. The van der Waals surface area contributed by atoms with Gasteiger partial charge in [-0.1, -0.05) is 282 Å². The fourth-order valence-corrected chi connectivity index (χ4v) is 8.56. The lowest BCUT2D eigenvalue weighted by Gasteiger charge is -2.18. The highest BCUT2D eigenvalue weighted by Gasteiger charge is 2.19. The molecule has 0 fully saturated rings. The largest absolute Gasteiger partial charge is 0.462 e. The van der Waals surface area contributed by atoms with Gasteiger partial charge in [0.15, 0.2) is 6.10 Å². The van der Waals surface area contributed by atoms with E-state index >= 15 is 0 Å². The minimum absolute atomic E-state index is 0.128. The summed E-state index contributed by atoms with van der Waals surface area (Å²) in [6.07, 6.45) is 94.6. The molecule has 0 aromatic rings. The van der Waals surface area contributed by atoms with Gasteiger partial charge in [-0.15, -0.1) is 0 Å². The molecule has 0 amide bonds. The number of unbranched alkanes of at least 4 members (excludes halogenated alkanes) is 22. The fraction of sp³-hybridized carbons (Fsp3) is 0.630. The highest BCUT2D eigenvalue weighted by molar-refractivity contribution is 5.71. The van der Waals surface area contributed by atoms with Crippen LogP contribution in [0.1, 0.15) is 278 Å². The molecule has 0 aliphatic carbocycles. The zero-order chi connectivity index (χ0) is 57.1. The Bertz CT molecular complexity index is 1730. The first kappa shape index (κ1) is 74.3. The summed E-state index contributed by atoms with van der Waals surface area (Å²) in [5.74, 6) is -1.07. The topological polar surface area (TPSA) is 78.9 Å². The average Bonchev–Trinajstić information content (AvgIpc) is 3.45. The predicted molar refractivity (Wildman–Crippen MR) is 343 cm³/mol. The Labute approximate surface area is 487 Å². The maximum atomic E-state index is 12.9. The van der Waals surface area contributed by atoms with E-state index in [1.54, 1.807) is 0 Å². The number of esters is 3. The fourth-order valence-electron chi connectivity index (χ4n) is 8.56. The lowest BCUT2D eigenvalue weighted by Crippen LogP contribution is -2.30. The number of rotatable bonds is 57. The zero-order valence-corrected chi connectivity index (χ0v) is 51.1. The number of hydrogen-bond donors (Lipinski definition) is 0. The van der Waals surface area contributed by atoms with Crippen LogP contribution >= 0.6 is 0 Å². The monoisotopic (exact) mass is 1090 g/mol. The van der Waals surface area contributed by atoms with Crippen LogP contribution in [0.15, 0.2) is 146 Å². The number of ether oxygens (including phenoxy) is 3. The van der Waals surface area contributed by atoms with Gasteiger partial charge in [-0.2, -0.15) is 0 Å². The molecule has 0 heterocycles. The molecule has 446 valence electrons. The summed E-state index contributed by atoms with van der Waals surface area (Å²) < 4.78 is 16.8. The molecule has 0 saturated carbocycles. The summed E-state index contributed by atoms with van der Waals surface area (Å²) in [6.45, 7) is 6.31. The molecule has 0 radical (unpaired) electrons. The van der Waals surface area contributed by atoms with E-state index in [1.807, 2.05) is 12.2 Å². The molecule has 6 heteroatoms. The van der Waals surface area contributed by atoms with Crippen LogP contribution in [0.3, 0.4) is 0 Å². The molecule has 79 heavy (non-hydrogen) atoms. The Hall–Kier alpha value is -4.71. The first-order valence-electron chi connectivity index (χ1n) is 32.3. The van der Waals surface area contributed by atoms with Gasteiger partial charge in [0.1, 0.15) is 13.2 Å². The predicted octanol–water partition coefficient (Wildman–Crippen LogP) is 22.3. The van der Waals surface area contributed by atoms with Gasteiger partial charge in [0, 0.05) is 19.3 Å². The third-order valence-electron chi connectivity index (χ3n) is 13.3. The van der Waals surface area contributed by atoms with E-state index in [0.29, 0.717) is 19.3 Å². The second kappa shape index (κ2) is 65.8. The highest BCUT2D eigenvalue weighted by Crippen LogP contribution is 2.15. The second-order valence-electron chi connectivity index (χ2n) is 20.9. The van der Waals surface area contributed by atoms with Gasteiger partial charge in [-0.3, -0.25) is 14.4 Å². The van der Waals surface area contributed by atoms with Crippen LogP contribution in [0.25, 0.3) is 0 Å². The van der Waals surface area contributed by atoms with Crippen molar-refractivity contribution in [2.24, 2.45) is 0 Å². The first-order valence-corrected chi connectivity index (χ1v) is 32.3. The molecule has 0 bridgehead atoms. The summed E-state index contributed by atoms with van der Waals surface area (Å²) in [5, 5.41) is 0. The van der Waals surface area contributed by atoms with Crippen molar-refractivity contribution in [1.29, 1.82) is 0 Å². The number of hydrogen-bond acceptors (Lipinski definition) is 6. The van der Waals surface area contributed by atoms with Crippen molar-refractivity contribution < 1.29 is 28.6 Å². The van der Waals surface area contributed by atoms with Gasteiger partial charge in [0.25, 0.3) is 0 Å². The molecular weight excluding hydrogens is 973 g/mol. The van der Waals surface area contributed by atoms with E-state index in [4.69, 9.17) is 14.2 Å². The highest BCUT2D eigenvalue weighted by atomic mass is 16.6. The summed E-state index contributed by atoms with van der Waals surface area (Å²) in [6, 6.07) is 0. The van der Waals surface area contributed by atoms with E-state index in [2.05, 4.69) is 154 Å². The smallest absolute Gasteiger partial charge is 0.306 e. The number of carbonyl (C=O) groups is 3. The van der Waals surface area contributed by atoms with Gasteiger partial charge < -0.3 is 14.2 Å². The normalized spacial score (nSPS) is 13.1. The molecule has 6 nitrogen and oxygen atoms in total. The summed E-state index contributed by atoms with van der Waals surface area (Å²) in [4.78, 5) is 38.2.